The summed E-state index contributed by atoms with van der Waals surface area (Å²) in [5.41, 5.74) is 4.38. The van der Waals surface area contributed by atoms with Crippen molar-refractivity contribution in [2.24, 2.45) is 5.73 Å². The first-order chi connectivity index (χ1) is 20.3. The minimum Gasteiger partial charge on any atom is -0.466 e. The number of carbonyl (C=O) groups excluding carboxylic acids is 2. The van der Waals surface area contributed by atoms with Crippen molar-refractivity contribution in [1.29, 1.82) is 5.26 Å². The number of allylic oxidation sites excluding steroid dienone is 1. The van der Waals surface area contributed by atoms with Gasteiger partial charge in [0.2, 0.25) is 0 Å². The summed E-state index contributed by atoms with van der Waals surface area (Å²) in [6.45, 7) is 0. The average molecular weight is 664 g/mol. The Balaban J connectivity index is 1.94. The van der Waals surface area contributed by atoms with Crippen molar-refractivity contribution in [1.82, 2.24) is 0 Å². The van der Waals surface area contributed by atoms with E-state index in [0.717, 1.165) is 25.2 Å². The zero-order valence-corrected chi connectivity index (χ0v) is 23.7. The molecule has 2 N–H and O–H groups in total. The van der Waals surface area contributed by atoms with Crippen LogP contribution in [0.25, 0.3) is 0 Å². The molecule has 3 aromatic carbocycles. The molecule has 0 bridgehead atoms. The van der Waals surface area contributed by atoms with Crippen LogP contribution in [0.4, 0.5) is 27.6 Å². The van der Waals surface area contributed by atoms with Crippen molar-refractivity contribution in [3.05, 3.63) is 111 Å². The Labute approximate surface area is 249 Å². The molecule has 0 saturated carbocycles. The lowest BCUT2D eigenvalue weighted by Gasteiger charge is -2.36. The van der Waals surface area contributed by atoms with E-state index in [1.54, 1.807) is 30.3 Å². The first kappa shape index (κ1) is 31.0. The first-order valence-corrected chi connectivity index (χ1v) is 12.8. The van der Waals surface area contributed by atoms with Crippen LogP contribution in [0, 0.1) is 23.0 Å². The van der Waals surface area contributed by atoms with Crippen LogP contribution in [0.2, 0.25) is 0 Å². The van der Waals surface area contributed by atoms with Gasteiger partial charge in [-0.3, -0.25) is 4.90 Å². The second-order valence-corrected chi connectivity index (χ2v) is 9.67. The highest BCUT2D eigenvalue weighted by molar-refractivity contribution is 9.10. The second kappa shape index (κ2) is 12.1. The predicted octanol–water partition coefficient (Wildman–Crippen LogP) is 6.44. The largest absolute Gasteiger partial charge is 0.466 e. The van der Waals surface area contributed by atoms with Crippen LogP contribution < -0.4 is 15.4 Å². The summed E-state index contributed by atoms with van der Waals surface area (Å²) in [5, 5.41) is 10.1. The number of carbonyl (C=O) groups is 2. The molecule has 3 aromatic rings. The summed E-state index contributed by atoms with van der Waals surface area (Å²) in [6.07, 6.45) is -5.01. The van der Waals surface area contributed by atoms with Gasteiger partial charge in [0.05, 0.1) is 53.1 Å². The molecular weight excluding hydrogens is 645 g/mol. The molecule has 0 spiro atoms. The molecule has 0 amide bonds. The number of ether oxygens (including phenoxy) is 3. The summed E-state index contributed by atoms with van der Waals surface area (Å²) in [7, 11) is 2.12. The monoisotopic (exact) mass is 663 g/mol. The highest BCUT2D eigenvalue weighted by atomic mass is 79.9. The molecule has 0 fully saturated rings. The smallest absolute Gasteiger partial charge is 0.416 e. The van der Waals surface area contributed by atoms with Gasteiger partial charge in [-0.25, -0.2) is 18.4 Å². The van der Waals surface area contributed by atoms with E-state index >= 15 is 0 Å². The standard InChI is InChI=1S/C29H19BrF5N3O5/c1-41-27(39)23-22(14-6-4-3-5-7-14)17(13-36)26(37)38(24(23)28(40)42-2)16-8-9-18(30)21(12-16)43-25-19(31)10-15(11-20(25)32)29(33,34)35/h3-12,22H,37H2,1-2H3. The van der Waals surface area contributed by atoms with E-state index in [0.29, 0.717) is 5.56 Å². The molecule has 0 aliphatic carbocycles. The molecule has 1 aliphatic rings. The highest BCUT2D eigenvalue weighted by Gasteiger charge is 2.43. The molecular formula is C29H19BrF5N3O5. The molecule has 0 aromatic heterocycles. The van der Waals surface area contributed by atoms with Crippen LogP contribution in [0.3, 0.4) is 0 Å². The van der Waals surface area contributed by atoms with Gasteiger partial charge in [0.15, 0.2) is 17.4 Å². The number of methoxy groups -OCH3 is 2. The first-order valence-electron chi connectivity index (χ1n) is 12.0. The third kappa shape index (κ3) is 5.89. The minimum atomic E-state index is -5.01. The zero-order chi connectivity index (χ0) is 31.6. The number of anilines is 1. The van der Waals surface area contributed by atoms with E-state index < -0.39 is 52.7 Å². The molecule has 43 heavy (non-hydrogen) atoms. The van der Waals surface area contributed by atoms with E-state index in [4.69, 9.17) is 19.9 Å². The molecule has 1 atom stereocenters. The van der Waals surface area contributed by atoms with E-state index in [1.165, 1.54) is 12.1 Å². The predicted molar refractivity (Wildman–Crippen MR) is 145 cm³/mol. The van der Waals surface area contributed by atoms with Crippen LogP contribution >= 0.6 is 15.9 Å². The fraction of sp³-hybridized carbons (Fsp3) is 0.138. The average Bonchev–Trinajstić information content (AvgIpc) is 2.98. The molecule has 0 saturated heterocycles. The van der Waals surface area contributed by atoms with Crippen molar-refractivity contribution in [3.8, 4) is 17.6 Å². The van der Waals surface area contributed by atoms with Crippen LogP contribution in [-0.4, -0.2) is 26.2 Å². The SMILES string of the molecule is COC(=O)C1=C(C(=O)OC)N(c2ccc(Br)c(Oc3c(F)cc(C(F)(F)F)cc3F)c2)C(N)=C(C#N)C1c1ccccc1. The van der Waals surface area contributed by atoms with Gasteiger partial charge in [0.1, 0.15) is 17.3 Å². The maximum absolute atomic E-state index is 14.6. The molecule has 1 heterocycles. The Morgan fingerprint density at radius 1 is 0.977 bits per heavy atom. The van der Waals surface area contributed by atoms with Crippen molar-refractivity contribution >= 4 is 33.6 Å². The lowest BCUT2D eigenvalue weighted by atomic mass is 9.81. The van der Waals surface area contributed by atoms with Crippen LogP contribution in [0.5, 0.6) is 11.5 Å². The Kier molecular flexibility index (Phi) is 8.77. The van der Waals surface area contributed by atoms with Gasteiger partial charge in [-0.1, -0.05) is 30.3 Å². The maximum atomic E-state index is 14.6. The van der Waals surface area contributed by atoms with Gasteiger partial charge in [0, 0.05) is 6.07 Å². The number of hydrogen-bond donors (Lipinski definition) is 1. The van der Waals surface area contributed by atoms with Crippen LogP contribution in [-0.2, 0) is 25.2 Å². The van der Waals surface area contributed by atoms with Gasteiger partial charge >= 0.3 is 18.1 Å². The highest BCUT2D eigenvalue weighted by Crippen LogP contribution is 2.45. The second-order valence-electron chi connectivity index (χ2n) is 8.82. The van der Waals surface area contributed by atoms with E-state index in [1.807, 2.05) is 6.07 Å². The number of benzene rings is 3. The number of nitrogens with two attached hydrogens (primary N) is 1. The maximum Gasteiger partial charge on any atom is 0.416 e. The number of alkyl halides is 3. The van der Waals surface area contributed by atoms with Crippen molar-refractivity contribution in [3.63, 3.8) is 0 Å². The van der Waals surface area contributed by atoms with Crippen molar-refractivity contribution in [2.75, 3.05) is 19.1 Å². The molecule has 8 nitrogen and oxygen atoms in total. The Morgan fingerprint density at radius 2 is 1.58 bits per heavy atom. The Bertz CT molecular complexity index is 1690. The number of rotatable bonds is 6. The molecule has 4 rings (SSSR count). The Morgan fingerprint density at radius 3 is 2.12 bits per heavy atom. The zero-order valence-electron chi connectivity index (χ0n) is 22.1. The quantitative estimate of drug-likeness (QED) is 0.237. The summed E-state index contributed by atoms with van der Waals surface area (Å²) in [4.78, 5) is 27.4. The van der Waals surface area contributed by atoms with Crippen molar-refractivity contribution in [2.45, 2.75) is 12.1 Å². The van der Waals surface area contributed by atoms with Gasteiger partial charge in [-0.15, -0.1) is 0 Å². The van der Waals surface area contributed by atoms with E-state index in [2.05, 4.69) is 15.9 Å². The lowest BCUT2D eigenvalue weighted by Crippen LogP contribution is -2.40. The van der Waals surface area contributed by atoms with Gasteiger partial charge < -0.3 is 19.9 Å². The van der Waals surface area contributed by atoms with Gasteiger partial charge in [-0.05, 0) is 45.8 Å². The number of nitrogens with zero attached hydrogens (tertiary/aromatic N) is 2. The summed E-state index contributed by atoms with van der Waals surface area (Å²) >= 11 is 3.15. The van der Waals surface area contributed by atoms with E-state index in [-0.39, 0.29) is 45.0 Å². The normalized spacial score (nSPS) is 15.2. The molecule has 14 heteroatoms. The Hall–Kier alpha value is -4.90. The van der Waals surface area contributed by atoms with Crippen LogP contribution in [0.15, 0.2) is 87.8 Å². The molecule has 1 aliphatic heterocycles. The van der Waals surface area contributed by atoms with Gasteiger partial charge in [-0.2, -0.15) is 18.4 Å². The number of hydrogen-bond acceptors (Lipinski definition) is 8. The van der Waals surface area contributed by atoms with Crippen LogP contribution in [0.1, 0.15) is 17.0 Å². The summed E-state index contributed by atoms with van der Waals surface area (Å²) in [6, 6.07) is 14.2. The van der Waals surface area contributed by atoms with Crippen molar-refractivity contribution < 1.29 is 45.8 Å². The topological polar surface area (TPSA) is 115 Å². The summed E-state index contributed by atoms with van der Waals surface area (Å²) < 4.78 is 83.5. The molecule has 222 valence electrons. The molecule has 0 radical (unpaired) electrons. The number of esters is 2. The fourth-order valence-electron chi connectivity index (χ4n) is 4.42. The third-order valence-corrected chi connectivity index (χ3v) is 6.98. The number of nitriles is 1. The van der Waals surface area contributed by atoms with Gasteiger partial charge in [0.25, 0.3) is 0 Å². The van der Waals surface area contributed by atoms with E-state index in [9.17, 15) is 36.8 Å². The minimum absolute atomic E-state index is 0.0514. The molecule has 1 unspecified atom stereocenters. The third-order valence-electron chi connectivity index (χ3n) is 6.32. The number of halogens is 6. The fourth-order valence-corrected chi connectivity index (χ4v) is 4.75. The lowest BCUT2D eigenvalue weighted by molar-refractivity contribution is -0.139. The summed E-state index contributed by atoms with van der Waals surface area (Å²) in [5.74, 6) is -8.22.